The van der Waals surface area contributed by atoms with Crippen molar-refractivity contribution < 1.29 is 21.9 Å². The Morgan fingerprint density at radius 1 is 1.03 bits per heavy atom. The Bertz CT molecular complexity index is 1110. The molecule has 0 unspecified atom stereocenters. The molecule has 158 valence electrons. The molecule has 1 aromatic carbocycles. The summed E-state index contributed by atoms with van der Waals surface area (Å²) in [5, 5.41) is 0. The Balaban J connectivity index is 1.66. The van der Waals surface area contributed by atoms with Gasteiger partial charge in [-0.05, 0) is 25.7 Å². The van der Waals surface area contributed by atoms with Gasteiger partial charge in [0.25, 0.3) is 5.56 Å². The second-order valence-electron chi connectivity index (χ2n) is 7.07. The summed E-state index contributed by atoms with van der Waals surface area (Å²) in [7, 11) is -1.55. The summed E-state index contributed by atoms with van der Waals surface area (Å²) in [5.74, 6) is -1.39. The van der Waals surface area contributed by atoms with Crippen LogP contribution in [0.4, 0.5) is 8.78 Å². The highest BCUT2D eigenvalue weighted by molar-refractivity contribution is 7.89. The topological polar surface area (TPSA) is 99.4 Å². The molecule has 0 spiro atoms. The van der Waals surface area contributed by atoms with Crippen molar-refractivity contribution in [2.75, 3.05) is 0 Å². The third-order valence-electron chi connectivity index (χ3n) is 4.84. The second-order valence-corrected chi connectivity index (χ2v) is 8.75. The number of hydrogen-bond donors (Lipinski definition) is 1. The number of nitrogens with one attached hydrogen (secondary N) is 1. The number of aromatic nitrogens is 2. The molecule has 0 atom stereocenters. The first-order valence-corrected chi connectivity index (χ1v) is 10.5. The van der Waals surface area contributed by atoms with E-state index in [2.05, 4.69) is 4.72 Å². The van der Waals surface area contributed by atoms with Crippen molar-refractivity contribution in [3.63, 3.8) is 0 Å². The van der Waals surface area contributed by atoms with Crippen molar-refractivity contribution in [2.24, 2.45) is 14.1 Å². The Hall–Kier alpha value is -2.53. The predicted octanol–water partition coefficient (Wildman–Crippen LogP) is 1.03. The summed E-state index contributed by atoms with van der Waals surface area (Å²) in [4.78, 5) is 23.4. The van der Waals surface area contributed by atoms with Gasteiger partial charge in [-0.15, -0.1) is 0 Å². The lowest BCUT2D eigenvalue weighted by atomic mass is 9.94. The van der Waals surface area contributed by atoms with Gasteiger partial charge in [-0.25, -0.2) is 26.7 Å². The number of sulfonamides is 1. The van der Waals surface area contributed by atoms with Crippen molar-refractivity contribution >= 4 is 10.0 Å². The van der Waals surface area contributed by atoms with E-state index in [0.29, 0.717) is 25.7 Å². The fourth-order valence-electron chi connectivity index (χ4n) is 3.33. The minimum absolute atomic E-state index is 0.0835. The molecule has 11 heteroatoms. The van der Waals surface area contributed by atoms with Gasteiger partial charge >= 0.3 is 5.69 Å². The average Bonchev–Trinajstić information content (AvgIpc) is 2.63. The molecule has 2 aromatic rings. The predicted molar refractivity (Wildman–Crippen MR) is 100 cm³/mol. The molecular formula is C18H21F2N3O5S. The van der Waals surface area contributed by atoms with Crippen molar-refractivity contribution in [1.82, 2.24) is 13.9 Å². The standard InChI is InChI=1S/C18H21F2N3O5S/c1-22-10-16(17(24)23(2)18(22)25)29(26,27)21-13-3-5-14(6-4-13)28-15-8-11(19)7-12(20)9-15/h7-10,13-14,21H,3-6H2,1-2H3. The maximum absolute atomic E-state index is 13.3. The SMILES string of the molecule is Cn1cc(S(=O)(=O)NC2CCC(Oc3cc(F)cc(F)c3)CC2)c(=O)n(C)c1=O. The van der Waals surface area contributed by atoms with Crippen LogP contribution in [0, 0.1) is 11.6 Å². The Morgan fingerprint density at radius 3 is 2.21 bits per heavy atom. The number of ether oxygens (including phenoxy) is 1. The van der Waals surface area contributed by atoms with Gasteiger partial charge in [-0.2, -0.15) is 0 Å². The molecule has 1 fully saturated rings. The van der Waals surface area contributed by atoms with Crippen molar-refractivity contribution in [1.29, 1.82) is 0 Å². The molecule has 1 aromatic heterocycles. The van der Waals surface area contributed by atoms with Crippen LogP contribution in [0.2, 0.25) is 0 Å². The van der Waals surface area contributed by atoms with Gasteiger partial charge in [0.1, 0.15) is 17.4 Å². The maximum Gasteiger partial charge on any atom is 0.330 e. The van der Waals surface area contributed by atoms with Crippen LogP contribution >= 0.6 is 0 Å². The van der Waals surface area contributed by atoms with Crippen molar-refractivity contribution in [2.45, 2.75) is 42.7 Å². The normalized spacial score (nSPS) is 19.9. The van der Waals surface area contributed by atoms with Gasteiger partial charge in [0.05, 0.1) is 6.10 Å². The van der Waals surface area contributed by atoms with E-state index < -0.39 is 43.8 Å². The van der Waals surface area contributed by atoms with E-state index >= 15 is 0 Å². The van der Waals surface area contributed by atoms with E-state index in [4.69, 9.17) is 4.74 Å². The molecule has 8 nitrogen and oxygen atoms in total. The smallest absolute Gasteiger partial charge is 0.330 e. The number of hydrogen-bond acceptors (Lipinski definition) is 5. The van der Waals surface area contributed by atoms with Crippen molar-refractivity contribution in [3.05, 3.63) is 56.9 Å². The monoisotopic (exact) mass is 429 g/mol. The average molecular weight is 429 g/mol. The molecule has 0 saturated heterocycles. The molecule has 0 amide bonds. The zero-order chi connectivity index (χ0) is 21.3. The number of benzene rings is 1. The molecule has 29 heavy (non-hydrogen) atoms. The first-order chi connectivity index (χ1) is 13.6. The maximum atomic E-state index is 13.3. The Kier molecular flexibility index (Phi) is 5.90. The first kappa shape index (κ1) is 21.2. The van der Waals surface area contributed by atoms with Gasteiger partial charge in [-0.3, -0.25) is 9.36 Å². The Labute approximate surface area is 165 Å². The van der Waals surface area contributed by atoms with E-state index in [1.807, 2.05) is 0 Å². The van der Waals surface area contributed by atoms with Crippen LogP contribution in [0.15, 0.2) is 38.9 Å². The summed E-state index contributed by atoms with van der Waals surface area (Å²) >= 11 is 0. The molecular weight excluding hydrogens is 408 g/mol. The van der Waals surface area contributed by atoms with Gasteiger partial charge in [-0.1, -0.05) is 0 Å². The van der Waals surface area contributed by atoms with E-state index in [1.165, 1.54) is 14.1 Å². The number of halogens is 2. The summed E-state index contributed by atoms with van der Waals surface area (Å²) in [5.41, 5.74) is -1.52. The molecule has 1 aliphatic carbocycles. The van der Waals surface area contributed by atoms with E-state index in [0.717, 1.165) is 33.5 Å². The number of rotatable bonds is 5. The lowest BCUT2D eigenvalue weighted by molar-refractivity contribution is 0.143. The molecule has 1 N–H and O–H groups in total. The molecule has 0 aliphatic heterocycles. The second kappa shape index (κ2) is 8.07. The quantitative estimate of drug-likeness (QED) is 0.766. The van der Waals surface area contributed by atoms with E-state index in [9.17, 15) is 26.8 Å². The fraction of sp³-hybridized carbons (Fsp3) is 0.444. The summed E-state index contributed by atoms with van der Waals surface area (Å²) in [6, 6.07) is 2.51. The van der Waals surface area contributed by atoms with Crippen LogP contribution in [-0.4, -0.2) is 29.7 Å². The molecule has 0 radical (unpaired) electrons. The van der Waals surface area contributed by atoms with Crippen LogP contribution in [0.5, 0.6) is 5.75 Å². The lowest BCUT2D eigenvalue weighted by Crippen LogP contribution is -2.44. The molecule has 0 bridgehead atoms. The van der Waals surface area contributed by atoms with Crippen LogP contribution in [0.25, 0.3) is 0 Å². The van der Waals surface area contributed by atoms with Gasteiger partial charge < -0.3 is 9.30 Å². The van der Waals surface area contributed by atoms with E-state index in [-0.39, 0.29) is 11.9 Å². The molecule has 1 heterocycles. The van der Waals surface area contributed by atoms with Crippen LogP contribution < -0.4 is 20.7 Å². The Morgan fingerprint density at radius 2 is 1.62 bits per heavy atom. The van der Waals surface area contributed by atoms with Crippen LogP contribution in [0.3, 0.4) is 0 Å². The van der Waals surface area contributed by atoms with Gasteiger partial charge in [0.15, 0.2) is 4.90 Å². The largest absolute Gasteiger partial charge is 0.490 e. The molecule has 1 saturated carbocycles. The van der Waals surface area contributed by atoms with E-state index in [1.54, 1.807) is 0 Å². The molecule has 3 rings (SSSR count). The minimum Gasteiger partial charge on any atom is -0.490 e. The number of aryl methyl sites for hydroxylation is 1. The lowest BCUT2D eigenvalue weighted by Gasteiger charge is -2.29. The summed E-state index contributed by atoms with van der Waals surface area (Å²) in [6.07, 6.45) is 2.48. The zero-order valence-corrected chi connectivity index (χ0v) is 16.7. The summed E-state index contributed by atoms with van der Waals surface area (Å²) < 4.78 is 61.6. The third-order valence-corrected chi connectivity index (χ3v) is 6.34. The highest BCUT2D eigenvalue weighted by atomic mass is 32.2. The van der Waals surface area contributed by atoms with Crippen LogP contribution in [-0.2, 0) is 24.1 Å². The minimum atomic E-state index is -4.12. The van der Waals surface area contributed by atoms with Gasteiger partial charge in [0, 0.05) is 44.5 Å². The van der Waals surface area contributed by atoms with Gasteiger partial charge in [0.2, 0.25) is 10.0 Å². The highest BCUT2D eigenvalue weighted by Gasteiger charge is 2.29. The highest BCUT2D eigenvalue weighted by Crippen LogP contribution is 2.25. The first-order valence-electron chi connectivity index (χ1n) is 8.98. The van der Waals surface area contributed by atoms with Crippen molar-refractivity contribution in [3.8, 4) is 5.75 Å². The summed E-state index contributed by atoms with van der Waals surface area (Å²) in [6.45, 7) is 0. The van der Waals surface area contributed by atoms with Crippen LogP contribution in [0.1, 0.15) is 25.7 Å². The fourth-order valence-corrected chi connectivity index (χ4v) is 4.80. The molecule has 1 aliphatic rings. The zero-order valence-electron chi connectivity index (χ0n) is 15.9. The number of nitrogens with zero attached hydrogens (tertiary/aromatic N) is 2. The third kappa shape index (κ3) is 4.73.